The number of aromatic nitrogens is 2. The molecule has 0 aliphatic rings. The lowest BCUT2D eigenvalue weighted by Crippen LogP contribution is -2.29. The number of benzene rings is 1. The second-order valence-corrected chi connectivity index (χ2v) is 4.42. The predicted octanol–water partition coefficient (Wildman–Crippen LogP) is 1.12. The van der Waals surface area contributed by atoms with Gasteiger partial charge >= 0.3 is 5.69 Å². The minimum absolute atomic E-state index is 0.0707. The zero-order valence-electron chi connectivity index (χ0n) is 10.5. The fourth-order valence-corrected chi connectivity index (χ4v) is 1.90. The van der Waals surface area contributed by atoms with E-state index in [1.165, 1.54) is 17.9 Å². The molecule has 0 atom stereocenters. The molecule has 1 heterocycles. The molecule has 0 fully saturated rings. The van der Waals surface area contributed by atoms with Gasteiger partial charge in [-0.2, -0.15) is 5.26 Å². The summed E-state index contributed by atoms with van der Waals surface area (Å²) in [5.41, 5.74) is -0.102. The van der Waals surface area contributed by atoms with Crippen LogP contribution in [0.25, 0.3) is 0 Å². The Morgan fingerprint density at radius 3 is 2.85 bits per heavy atom. The predicted molar refractivity (Wildman–Crippen MR) is 73.1 cm³/mol. The maximum atomic E-state index is 11.6. The average molecular weight is 292 g/mol. The van der Waals surface area contributed by atoms with Crippen molar-refractivity contribution >= 4 is 11.6 Å². The van der Waals surface area contributed by atoms with Crippen LogP contribution in [0.5, 0.6) is 5.75 Å². The van der Waals surface area contributed by atoms with Gasteiger partial charge in [-0.3, -0.25) is 14.3 Å². The number of nitrogens with zero attached hydrogens (tertiary/aromatic N) is 2. The highest BCUT2D eigenvalue weighted by Crippen LogP contribution is 2.19. The summed E-state index contributed by atoms with van der Waals surface area (Å²) in [6.07, 6.45) is 1.26. The third-order valence-electron chi connectivity index (χ3n) is 2.70. The van der Waals surface area contributed by atoms with E-state index in [-0.39, 0.29) is 11.6 Å². The van der Waals surface area contributed by atoms with Gasteiger partial charge < -0.3 is 4.74 Å². The highest BCUT2D eigenvalue weighted by Gasteiger charge is 2.06. The van der Waals surface area contributed by atoms with Crippen LogP contribution < -0.4 is 16.0 Å². The molecule has 0 saturated carbocycles. The van der Waals surface area contributed by atoms with E-state index in [1.54, 1.807) is 18.2 Å². The maximum absolute atomic E-state index is 11.6. The van der Waals surface area contributed by atoms with Crippen LogP contribution in [0.3, 0.4) is 0 Å². The van der Waals surface area contributed by atoms with E-state index in [4.69, 9.17) is 21.6 Å². The number of aromatic amines is 1. The van der Waals surface area contributed by atoms with Crippen molar-refractivity contribution < 1.29 is 4.74 Å². The lowest BCUT2D eigenvalue weighted by Gasteiger charge is -2.08. The van der Waals surface area contributed by atoms with Gasteiger partial charge in [0.05, 0.1) is 19.2 Å². The maximum Gasteiger partial charge on any atom is 0.328 e. The lowest BCUT2D eigenvalue weighted by molar-refractivity contribution is 0.413. The van der Waals surface area contributed by atoms with Crippen LogP contribution >= 0.6 is 11.6 Å². The van der Waals surface area contributed by atoms with E-state index in [0.717, 1.165) is 0 Å². The van der Waals surface area contributed by atoms with Crippen LogP contribution in [-0.4, -0.2) is 16.7 Å². The molecule has 2 aromatic rings. The van der Waals surface area contributed by atoms with Crippen molar-refractivity contribution in [1.29, 1.82) is 5.26 Å². The Balaban J connectivity index is 2.41. The topological polar surface area (TPSA) is 87.9 Å². The molecular weight excluding hydrogens is 282 g/mol. The fraction of sp³-hybridized carbons (Fsp3) is 0.154. The van der Waals surface area contributed by atoms with Crippen molar-refractivity contribution in [3.8, 4) is 11.8 Å². The summed E-state index contributed by atoms with van der Waals surface area (Å²) in [7, 11) is 1.47. The molecule has 102 valence electrons. The van der Waals surface area contributed by atoms with Crippen molar-refractivity contribution in [2.24, 2.45) is 0 Å². The molecular formula is C13H10ClN3O3. The highest BCUT2D eigenvalue weighted by molar-refractivity contribution is 6.30. The summed E-state index contributed by atoms with van der Waals surface area (Å²) in [4.78, 5) is 24.9. The number of rotatable bonds is 3. The van der Waals surface area contributed by atoms with Gasteiger partial charge in [-0.15, -0.1) is 0 Å². The van der Waals surface area contributed by atoms with Crippen molar-refractivity contribution in [3.63, 3.8) is 0 Å². The molecule has 0 spiro atoms. The lowest BCUT2D eigenvalue weighted by atomic mass is 10.1. The Bertz CT molecular complexity index is 802. The third kappa shape index (κ3) is 2.73. The standard InChI is InChI=1S/C13H10ClN3O3/c1-20-11-3-2-8(4-9(11)5-15)6-17-7-10(14)12(18)16-13(17)19/h2-4,7H,6H2,1H3,(H,16,18,19). The molecule has 0 aliphatic heterocycles. The van der Waals surface area contributed by atoms with Gasteiger partial charge in [-0.05, 0) is 17.7 Å². The number of halogens is 1. The van der Waals surface area contributed by atoms with Crippen LogP contribution in [-0.2, 0) is 6.54 Å². The normalized spacial score (nSPS) is 10.1. The van der Waals surface area contributed by atoms with Gasteiger partial charge in [0, 0.05) is 6.20 Å². The van der Waals surface area contributed by atoms with E-state index in [0.29, 0.717) is 16.9 Å². The number of nitrogens with one attached hydrogen (secondary N) is 1. The third-order valence-corrected chi connectivity index (χ3v) is 2.97. The zero-order chi connectivity index (χ0) is 14.7. The number of hydrogen-bond acceptors (Lipinski definition) is 4. The molecule has 6 nitrogen and oxygen atoms in total. The Morgan fingerprint density at radius 2 is 2.20 bits per heavy atom. The monoisotopic (exact) mass is 291 g/mol. The van der Waals surface area contributed by atoms with Gasteiger partial charge in [0.15, 0.2) is 0 Å². The van der Waals surface area contributed by atoms with E-state index < -0.39 is 11.2 Å². The first-order chi connectivity index (χ1) is 9.55. The van der Waals surface area contributed by atoms with Crippen LogP contribution in [0, 0.1) is 11.3 Å². The van der Waals surface area contributed by atoms with Gasteiger partial charge in [-0.1, -0.05) is 17.7 Å². The molecule has 1 aromatic heterocycles. The number of methoxy groups -OCH3 is 1. The van der Waals surface area contributed by atoms with Crippen LogP contribution in [0.2, 0.25) is 5.02 Å². The van der Waals surface area contributed by atoms with Gasteiger partial charge in [0.2, 0.25) is 0 Å². The van der Waals surface area contributed by atoms with E-state index in [1.807, 2.05) is 6.07 Å². The summed E-state index contributed by atoms with van der Waals surface area (Å²) >= 11 is 5.68. The average Bonchev–Trinajstić information content (AvgIpc) is 2.44. The molecule has 0 aliphatic carbocycles. The van der Waals surface area contributed by atoms with E-state index in [9.17, 15) is 9.59 Å². The quantitative estimate of drug-likeness (QED) is 0.918. The number of ether oxygens (including phenoxy) is 1. The summed E-state index contributed by atoms with van der Waals surface area (Å²) in [6.45, 7) is 0.188. The number of H-pyrrole nitrogens is 1. The van der Waals surface area contributed by atoms with Crippen molar-refractivity contribution in [3.05, 3.63) is 61.4 Å². The Morgan fingerprint density at radius 1 is 1.45 bits per heavy atom. The summed E-state index contributed by atoms with van der Waals surface area (Å²) < 4.78 is 6.30. The first kappa shape index (κ1) is 13.9. The number of hydrogen-bond donors (Lipinski definition) is 1. The van der Waals surface area contributed by atoms with Crippen LogP contribution in [0.15, 0.2) is 34.0 Å². The van der Waals surface area contributed by atoms with E-state index >= 15 is 0 Å². The van der Waals surface area contributed by atoms with Gasteiger partial charge in [0.25, 0.3) is 5.56 Å². The second-order valence-electron chi connectivity index (χ2n) is 4.01. The van der Waals surface area contributed by atoms with Gasteiger partial charge in [0.1, 0.15) is 16.8 Å². The summed E-state index contributed by atoms with van der Waals surface area (Å²) in [5, 5.41) is 8.94. The highest BCUT2D eigenvalue weighted by atomic mass is 35.5. The molecule has 0 saturated heterocycles. The SMILES string of the molecule is COc1ccc(Cn2cc(Cl)c(=O)[nH]c2=O)cc1C#N. The summed E-state index contributed by atoms with van der Waals surface area (Å²) in [6, 6.07) is 7.00. The molecule has 7 heteroatoms. The zero-order valence-corrected chi connectivity index (χ0v) is 11.3. The molecule has 1 N–H and O–H groups in total. The first-order valence-corrected chi connectivity index (χ1v) is 5.99. The number of nitriles is 1. The largest absolute Gasteiger partial charge is 0.495 e. The van der Waals surface area contributed by atoms with Crippen molar-refractivity contribution in [2.75, 3.05) is 7.11 Å². The Hall–Kier alpha value is -2.52. The van der Waals surface area contributed by atoms with Crippen LogP contribution in [0.1, 0.15) is 11.1 Å². The minimum Gasteiger partial charge on any atom is -0.495 e. The molecule has 0 unspecified atom stereocenters. The Kier molecular flexibility index (Phi) is 3.91. The fourth-order valence-electron chi connectivity index (χ4n) is 1.74. The summed E-state index contributed by atoms with van der Waals surface area (Å²) in [5.74, 6) is 0.461. The molecule has 20 heavy (non-hydrogen) atoms. The van der Waals surface area contributed by atoms with Gasteiger partial charge in [-0.25, -0.2) is 4.79 Å². The smallest absolute Gasteiger partial charge is 0.328 e. The first-order valence-electron chi connectivity index (χ1n) is 5.61. The van der Waals surface area contributed by atoms with Crippen molar-refractivity contribution in [2.45, 2.75) is 6.54 Å². The molecule has 0 radical (unpaired) electrons. The minimum atomic E-state index is -0.625. The van der Waals surface area contributed by atoms with Crippen LogP contribution in [0.4, 0.5) is 0 Å². The second kappa shape index (κ2) is 5.63. The molecule has 0 bridgehead atoms. The van der Waals surface area contributed by atoms with Crippen molar-refractivity contribution in [1.82, 2.24) is 9.55 Å². The van der Waals surface area contributed by atoms with E-state index in [2.05, 4.69) is 4.98 Å². The molecule has 0 amide bonds. The molecule has 1 aromatic carbocycles. The molecule has 2 rings (SSSR count). The Labute approximate surface area is 118 Å².